The van der Waals surface area contributed by atoms with Crippen LogP contribution in [-0.2, 0) is 11.2 Å². The molecule has 1 N–H and O–H groups in total. The quantitative estimate of drug-likeness (QED) is 0.865. The number of halogens is 1. The van der Waals surface area contributed by atoms with E-state index in [0.29, 0.717) is 21.2 Å². The Kier molecular flexibility index (Phi) is 4.98. The molecule has 21 heavy (non-hydrogen) atoms. The molecule has 2 rings (SSSR count). The molecule has 0 unspecified atom stereocenters. The van der Waals surface area contributed by atoms with Gasteiger partial charge in [0.2, 0.25) is 0 Å². The highest BCUT2D eigenvalue weighted by atomic mass is 35.5. The van der Waals surface area contributed by atoms with E-state index in [1.165, 1.54) is 18.4 Å². The van der Waals surface area contributed by atoms with Gasteiger partial charge in [0.05, 0.1) is 23.3 Å². The van der Waals surface area contributed by atoms with Gasteiger partial charge in [-0.05, 0) is 24.6 Å². The Bertz CT molecular complexity index is 681. The van der Waals surface area contributed by atoms with Crippen molar-refractivity contribution in [2.75, 3.05) is 12.4 Å². The number of anilines is 1. The second-order valence-corrected chi connectivity index (χ2v) is 5.78. The zero-order chi connectivity index (χ0) is 15.4. The van der Waals surface area contributed by atoms with Crippen molar-refractivity contribution in [2.24, 2.45) is 0 Å². The molecule has 2 aromatic rings. The second-order valence-electron chi connectivity index (χ2n) is 4.23. The average Bonchev–Trinajstić information content (AvgIpc) is 2.89. The molecule has 0 aliphatic heterocycles. The van der Waals surface area contributed by atoms with Crippen LogP contribution in [-0.4, -0.2) is 19.0 Å². The van der Waals surface area contributed by atoms with Gasteiger partial charge in [-0.25, -0.2) is 4.79 Å². The summed E-state index contributed by atoms with van der Waals surface area (Å²) in [5.74, 6) is -0.823. The van der Waals surface area contributed by atoms with E-state index in [4.69, 9.17) is 16.3 Å². The highest BCUT2D eigenvalue weighted by molar-refractivity contribution is 7.16. The van der Waals surface area contributed by atoms with E-state index in [-0.39, 0.29) is 5.91 Å². The van der Waals surface area contributed by atoms with Gasteiger partial charge in [0.15, 0.2) is 0 Å². The van der Waals surface area contributed by atoms with E-state index in [9.17, 15) is 9.59 Å². The Labute approximate surface area is 131 Å². The summed E-state index contributed by atoms with van der Waals surface area (Å²) in [6, 6.07) is 8.49. The van der Waals surface area contributed by atoms with Gasteiger partial charge in [-0.3, -0.25) is 4.79 Å². The van der Waals surface area contributed by atoms with Crippen LogP contribution >= 0.6 is 22.9 Å². The number of ether oxygens (including phenoxy) is 1. The predicted octanol–water partition coefficient (Wildman–Crippen LogP) is 4.00. The third kappa shape index (κ3) is 3.43. The minimum absolute atomic E-state index is 0.352. The number of thiophene rings is 1. The number of carbonyl (C=O) groups is 2. The Morgan fingerprint density at radius 3 is 2.62 bits per heavy atom. The molecular formula is C15H14ClNO3S. The molecule has 0 fully saturated rings. The topological polar surface area (TPSA) is 55.4 Å². The summed E-state index contributed by atoms with van der Waals surface area (Å²) < 4.78 is 4.74. The number of aryl methyl sites for hydroxylation is 1. The lowest BCUT2D eigenvalue weighted by atomic mass is 10.2. The third-order valence-electron chi connectivity index (χ3n) is 2.88. The zero-order valence-electron chi connectivity index (χ0n) is 11.6. The number of hydrogen-bond acceptors (Lipinski definition) is 4. The average molecular weight is 324 g/mol. The minimum atomic E-state index is -0.472. The Morgan fingerprint density at radius 2 is 2.00 bits per heavy atom. The molecule has 0 saturated heterocycles. The van der Waals surface area contributed by atoms with Gasteiger partial charge in [-0.1, -0.05) is 30.7 Å². The molecule has 1 amide bonds. The fourth-order valence-corrected chi connectivity index (χ4v) is 2.99. The first-order valence-corrected chi connectivity index (χ1v) is 7.53. The summed E-state index contributed by atoms with van der Waals surface area (Å²) in [7, 11) is 1.31. The minimum Gasteiger partial charge on any atom is -0.465 e. The van der Waals surface area contributed by atoms with Crippen LogP contribution in [0.3, 0.4) is 0 Å². The van der Waals surface area contributed by atoms with Crippen LogP contribution in [0.25, 0.3) is 0 Å². The number of carbonyl (C=O) groups excluding carboxylic acids is 2. The Morgan fingerprint density at radius 1 is 1.29 bits per heavy atom. The summed E-state index contributed by atoms with van der Waals surface area (Å²) in [4.78, 5) is 25.0. The predicted molar refractivity (Wildman–Crippen MR) is 84.4 cm³/mol. The summed E-state index contributed by atoms with van der Waals surface area (Å²) in [6.45, 7) is 1.98. The van der Waals surface area contributed by atoms with E-state index in [2.05, 4.69) is 5.32 Å². The van der Waals surface area contributed by atoms with Crippen molar-refractivity contribution in [1.29, 1.82) is 0 Å². The highest BCUT2D eigenvalue weighted by Crippen LogP contribution is 2.30. The van der Waals surface area contributed by atoms with Gasteiger partial charge in [0.1, 0.15) is 5.00 Å². The van der Waals surface area contributed by atoms with Crippen molar-refractivity contribution in [3.8, 4) is 0 Å². The largest absolute Gasteiger partial charge is 0.465 e. The van der Waals surface area contributed by atoms with Crippen molar-refractivity contribution in [3.05, 3.63) is 51.4 Å². The van der Waals surface area contributed by atoms with Crippen molar-refractivity contribution in [1.82, 2.24) is 0 Å². The maximum atomic E-state index is 12.3. The maximum Gasteiger partial charge on any atom is 0.340 e. The fraction of sp³-hybridized carbons (Fsp3) is 0.200. The van der Waals surface area contributed by atoms with Crippen LogP contribution in [0.1, 0.15) is 32.5 Å². The maximum absolute atomic E-state index is 12.3. The number of esters is 1. The van der Waals surface area contributed by atoms with E-state index >= 15 is 0 Å². The van der Waals surface area contributed by atoms with Crippen molar-refractivity contribution >= 4 is 39.8 Å². The molecule has 110 valence electrons. The van der Waals surface area contributed by atoms with Crippen LogP contribution < -0.4 is 5.32 Å². The molecule has 4 nitrogen and oxygen atoms in total. The fourth-order valence-electron chi connectivity index (χ4n) is 1.79. The van der Waals surface area contributed by atoms with Gasteiger partial charge in [-0.15, -0.1) is 11.3 Å². The highest BCUT2D eigenvalue weighted by Gasteiger charge is 2.19. The van der Waals surface area contributed by atoms with Crippen LogP contribution in [0.15, 0.2) is 30.3 Å². The molecule has 6 heteroatoms. The lowest BCUT2D eigenvalue weighted by Crippen LogP contribution is -2.14. The van der Waals surface area contributed by atoms with Gasteiger partial charge < -0.3 is 10.1 Å². The number of methoxy groups -OCH3 is 1. The number of hydrogen-bond donors (Lipinski definition) is 1. The normalized spacial score (nSPS) is 10.2. The number of amides is 1. The van der Waals surface area contributed by atoms with Crippen LogP contribution in [0, 0.1) is 0 Å². The first-order valence-electron chi connectivity index (χ1n) is 6.33. The van der Waals surface area contributed by atoms with Crippen molar-refractivity contribution in [2.45, 2.75) is 13.3 Å². The molecule has 0 radical (unpaired) electrons. The Hall–Kier alpha value is -1.85. The first kappa shape index (κ1) is 15.5. The smallest absolute Gasteiger partial charge is 0.340 e. The standard InChI is InChI=1S/C15H14ClNO3S/c1-3-9-8-11(15(19)20-2)14(21-9)17-13(18)10-6-4-5-7-12(10)16/h4-8H,3H2,1-2H3,(H,17,18). The lowest BCUT2D eigenvalue weighted by Gasteiger charge is -2.06. The molecule has 0 saturated carbocycles. The van der Waals surface area contributed by atoms with Gasteiger partial charge >= 0.3 is 5.97 Å². The number of nitrogens with one attached hydrogen (secondary N) is 1. The van der Waals surface area contributed by atoms with Crippen molar-refractivity contribution in [3.63, 3.8) is 0 Å². The Balaban J connectivity index is 2.31. The van der Waals surface area contributed by atoms with E-state index in [0.717, 1.165) is 11.3 Å². The van der Waals surface area contributed by atoms with Gasteiger partial charge in [0, 0.05) is 4.88 Å². The van der Waals surface area contributed by atoms with Crippen LogP contribution in [0.2, 0.25) is 5.02 Å². The van der Waals surface area contributed by atoms with Crippen LogP contribution in [0.4, 0.5) is 5.00 Å². The molecule has 1 aromatic heterocycles. The summed E-state index contributed by atoms with van der Waals surface area (Å²) in [5.41, 5.74) is 0.723. The lowest BCUT2D eigenvalue weighted by molar-refractivity contribution is 0.0602. The molecule has 0 atom stereocenters. The summed E-state index contributed by atoms with van der Waals surface area (Å²) in [6.07, 6.45) is 0.774. The van der Waals surface area contributed by atoms with E-state index in [1.807, 2.05) is 6.92 Å². The monoisotopic (exact) mass is 323 g/mol. The summed E-state index contributed by atoms with van der Waals surface area (Å²) in [5, 5.41) is 3.57. The zero-order valence-corrected chi connectivity index (χ0v) is 13.2. The summed E-state index contributed by atoms with van der Waals surface area (Å²) >= 11 is 7.35. The van der Waals surface area contributed by atoms with Crippen molar-refractivity contribution < 1.29 is 14.3 Å². The SMILES string of the molecule is CCc1cc(C(=O)OC)c(NC(=O)c2ccccc2Cl)s1. The van der Waals surface area contributed by atoms with E-state index < -0.39 is 5.97 Å². The van der Waals surface area contributed by atoms with Crippen LogP contribution in [0.5, 0.6) is 0 Å². The molecule has 0 spiro atoms. The van der Waals surface area contributed by atoms with E-state index in [1.54, 1.807) is 30.3 Å². The van der Waals surface area contributed by atoms with Gasteiger partial charge in [-0.2, -0.15) is 0 Å². The molecule has 0 aliphatic rings. The molecule has 1 aromatic carbocycles. The molecule has 0 bridgehead atoms. The first-order chi connectivity index (χ1) is 10.1. The number of rotatable bonds is 4. The third-order valence-corrected chi connectivity index (χ3v) is 4.41. The van der Waals surface area contributed by atoms with Gasteiger partial charge in [0.25, 0.3) is 5.91 Å². The second kappa shape index (κ2) is 6.74. The number of benzene rings is 1. The molecular weight excluding hydrogens is 310 g/mol. The molecule has 1 heterocycles. The molecule has 0 aliphatic carbocycles.